The van der Waals surface area contributed by atoms with Crippen molar-refractivity contribution in [1.82, 2.24) is 15.6 Å². The molecule has 3 rings (SSSR count). The number of hydrazone groups is 1. The third-order valence-electron chi connectivity index (χ3n) is 3.08. The minimum atomic E-state index is -0.306. The van der Waals surface area contributed by atoms with Gasteiger partial charge in [0.2, 0.25) is 0 Å². The minimum Gasteiger partial charge on any atom is -0.281 e. The Kier molecular flexibility index (Phi) is 3.64. The lowest BCUT2D eigenvalue weighted by molar-refractivity contribution is 0.0950. The van der Waals surface area contributed by atoms with E-state index in [1.54, 1.807) is 12.3 Å². The molecule has 2 aromatic rings. The van der Waals surface area contributed by atoms with E-state index < -0.39 is 0 Å². The van der Waals surface area contributed by atoms with Crippen molar-refractivity contribution in [3.05, 3.63) is 51.8 Å². The quantitative estimate of drug-likeness (QED) is 0.667. The largest absolute Gasteiger partial charge is 0.291 e. The zero-order chi connectivity index (χ0) is 13.9. The molecule has 1 aromatic carbocycles. The standard InChI is InChI=1S/C14H13BrN4O/c15-11-3-1-2-9(6-11)8-16-19-14(20)13-7-12(17-18-13)10-4-5-10/h1-3,6-8,10H,4-5H2,(H,17,18)(H,19,20)/b16-8+. The molecule has 0 unspecified atom stereocenters. The first-order chi connectivity index (χ1) is 9.72. The molecule has 1 amide bonds. The molecule has 2 N–H and O–H groups in total. The molecule has 0 atom stereocenters. The highest BCUT2D eigenvalue weighted by molar-refractivity contribution is 9.10. The van der Waals surface area contributed by atoms with Crippen LogP contribution in [-0.2, 0) is 0 Å². The van der Waals surface area contributed by atoms with E-state index in [1.165, 1.54) is 12.8 Å². The van der Waals surface area contributed by atoms with Gasteiger partial charge in [0, 0.05) is 16.1 Å². The van der Waals surface area contributed by atoms with Crippen LogP contribution in [-0.4, -0.2) is 22.3 Å². The van der Waals surface area contributed by atoms with Gasteiger partial charge in [-0.25, -0.2) is 5.43 Å². The molecular weight excluding hydrogens is 320 g/mol. The number of nitrogens with zero attached hydrogens (tertiary/aromatic N) is 2. The molecule has 0 aliphatic heterocycles. The highest BCUT2D eigenvalue weighted by Gasteiger charge is 2.26. The summed E-state index contributed by atoms with van der Waals surface area (Å²) < 4.78 is 0.967. The molecule has 20 heavy (non-hydrogen) atoms. The second-order valence-electron chi connectivity index (χ2n) is 4.74. The van der Waals surface area contributed by atoms with Gasteiger partial charge < -0.3 is 0 Å². The van der Waals surface area contributed by atoms with Gasteiger partial charge in [-0.05, 0) is 36.6 Å². The fourth-order valence-electron chi connectivity index (χ4n) is 1.87. The third-order valence-corrected chi connectivity index (χ3v) is 3.57. The SMILES string of the molecule is O=C(N/N=C/c1cccc(Br)c1)c1cc(C2CC2)[nH]n1. The Hall–Kier alpha value is -1.95. The summed E-state index contributed by atoms with van der Waals surface area (Å²) in [6, 6.07) is 9.44. The normalized spacial score (nSPS) is 14.7. The van der Waals surface area contributed by atoms with Crippen molar-refractivity contribution in [2.45, 2.75) is 18.8 Å². The molecule has 1 fully saturated rings. The summed E-state index contributed by atoms with van der Waals surface area (Å²) >= 11 is 3.38. The van der Waals surface area contributed by atoms with Crippen LogP contribution in [0.3, 0.4) is 0 Å². The smallest absolute Gasteiger partial charge is 0.281 e. The van der Waals surface area contributed by atoms with E-state index in [4.69, 9.17) is 0 Å². The molecule has 1 aliphatic carbocycles. The van der Waals surface area contributed by atoms with Gasteiger partial charge in [-0.1, -0.05) is 28.1 Å². The van der Waals surface area contributed by atoms with E-state index in [2.05, 4.69) is 36.7 Å². The second kappa shape index (κ2) is 5.58. The summed E-state index contributed by atoms with van der Waals surface area (Å²) in [5.41, 5.74) is 4.78. The topological polar surface area (TPSA) is 70.1 Å². The summed E-state index contributed by atoms with van der Waals surface area (Å²) in [6.45, 7) is 0. The van der Waals surface area contributed by atoms with Crippen LogP contribution in [0.1, 0.15) is 40.5 Å². The number of carbonyl (C=O) groups excluding carboxylic acids is 1. The van der Waals surface area contributed by atoms with E-state index in [0.717, 1.165) is 15.7 Å². The number of H-pyrrole nitrogens is 1. The first-order valence-corrected chi connectivity index (χ1v) is 7.16. The van der Waals surface area contributed by atoms with Gasteiger partial charge in [-0.2, -0.15) is 10.2 Å². The van der Waals surface area contributed by atoms with Gasteiger partial charge in [-0.3, -0.25) is 9.89 Å². The third kappa shape index (κ3) is 3.14. The average Bonchev–Trinajstić information content (AvgIpc) is 3.16. The minimum absolute atomic E-state index is 0.306. The summed E-state index contributed by atoms with van der Waals surface area (Å²) in [5.74, 6) is 0.244. The van der Waals surface area contributed by atoms with Crippen molar-refractivity contribution < 1.29 is 4.79 Å². The van der Waals surface area contributed by atoms with Gasteiger partial charge in [0.1, 0.15) is 0 Å². The molecule has 1 saturated carbocycles. The maximum Gasteiger partial charge on any atom is 0.291 e. The molecule has 1 aromatic heterocycles. The van der Waals surface area contributed by atoms with Crippen molar-refractivity contribution in [3.8, 4) is 0 Å². The summed E-state index contributed by atoms with van der Waals surface area (Å²) in [4.78, 5) is 11.8. The Morgan fingerprint density at radius 2 is 2.30 bits per heavy atom. The summed E-state index contributed by atoms with van der Waals surface area (Å²) in [7, 11) is 0. The first kappa shape index (κ1) is 13.1. The molecular formula is C14H13BrN4O. The Bertz CT molecular complexity index is 661. The van der Waals surface area contributed by atoms with Crippen molar-refractivity contribution >= 4 is 28.1 Å². The predicted molar refractivity (Wildman–Crippen MR) is 79.8 cm³/mol. The van der Waals surface area contributed by atoms with Crippen LogP contribution in [0.4, 0.5) is 0 Å². The maximum atomic E-state index is 11.8. The van der Waals surface area contributed by atoms with Crippen molar-refractivity contribution in [3.63, 3.8) is 0 Å². The molecule has 0 bridgehead atoms. The van der Waals surface area contributed by atoms with E-state index in [1.807, 2.05) is 24.3 Å². The number of amides is 1. The van der Waals surface area contributed by atoms with Crippen molar-refractivity contribution in [1.29, 1.82) is 0 Å². The van der Waals surface area contributed by atoms with E-state index in [-0.39, 0.29) is 5.91 Å². The Balaban J connectivity index is 1.60. The number of halogens is 1. The highest BCUT2D eigenvalue weighted by atomic mass is 79.9. The predicted octanol–water partition coefficient (Wildman–Crippen LogP) is 2.81. The Labute approximate surface area is 124 Å². The molecule has 1 heterocycles. The van der Waals surface area contributed by atoms with Crippen LogP contribution in [0.15, 0.2) is 39.9 Å². The number of nitrogens with one attached hydrogen (secondary N) is 2. The maximum absolute atomic E-state index is 11.8. The molecule has 1 aliphatic rings. The van der Waals surface area contributed by atoms with Gasteiger partial charge in [0.25, 0.3) is 5.91 Å². The molecule has 0 radical (unpaired) electrons. The zero-order valence-electron chi connectivity index (χ0n) is 10.6. The second-order valence-corrected chi connectivity index (χ2v) is 5.65. The molecule has 0 saturated heterocycles. The number of benzene rings is 1. The monoisotopic (exact) mass is 332 g/mol. The number of aromatic nitrogens is 2. The van der Waals surface area contributed by atoms with Crippen molar-refractivity contribution in [2.75, 3.05) is 0 Å². The molecule has 0 spiro atoms. The Morgan fingerprint density at radius 1 is 1.45 bits per heavy atom. The van der Waals surface area contributed by atoms with Gasteiger partial charge in [-0.15, -0.1) is 0 Å². The van der Waals surface area contributed by atoms with Gasteiger partial charge in [0.15, 0.2) is 5.69 Å². The number of hydrogen-bond acceptors (Lipinski definition) is 3. The lowest BCUT2D eigenvalue weighted by atomic mass is 10.2. The summed E-state index contributed by atoms with van der Waals surface area (Å²) in [6.07, 6.45) is 3.94. The average molecular weight is 333 g/mol. The first-order valence-electron chi connectivity index (χ1n) is 6.36. The zero-order valence-corrected chi connectivity index (χ0v) is 12.2. The van der Waals surface area contributed by atoms with Crippen LogP contribution in [0.2, 0.25) is 0 Å². The number of carbonyl (C=O) groups is 1. The van der Waals surface area contributed by atoms with Crippen molar-refractivity contribution in [2.24, 2.45) is 5.10 Å². The van der Waals surface area contributed by atoms with Gasteiger partial charge >= 0.3 is 0 Å². The van der Waals surface area contributed by atoms with Gasteiger partial charge in [0.05, 0.1) is 6.21 Å². The lowest BCUT2D eigenvalue weighted by Crippen LogP contribution is -2.18. The molecule has 102 valence electrons. The lowest BCUT2D eigenvalue weighted by Gasteiger charge is -1.96. The molecule has 5 nitrogen and oxygen atoms in total. The van der Waals surface area contributed by atoms with Crippen LogP contribution >= 0.6 is 15.9 Å². The summed E-state index contributed by atoms with van der Waals surface area (Å²) in [5, 5.41) is 10.8. The Morgan fingerprint density at radius 3 is 3.05 bits per heavy atom. The fourth-order valence-corrected chi connectivity index (χ4v) is 2.28. The fraction of sp³-hybridized carbons (Fsp3) is 0.214. The number of hydrogen-bond donors (Lipinski definition) is 2. The number of aromatic amines is 1. The van der Waals surface area contributed by atoms with E-state index in [0.29, 0.717) is 11.6 Å². The van der Waals surface area contributed by atoms with E-state index in [9.17, 15) is 4.79 Å². The molecule has 6 heteroatoms. The highest BCUT2D eigenvalue weighted by Crippen LogP contribution is 2.38. The van der Waals surface area contributed by atoms with Crippen LogP contribution in [0, 0.1) is 0 Å². The van der Waals surface area contributed by atoms with E-state index >= 15 is 0 Å². The van der Waals surface area contributed by atoms with Crippen LogP contribution in [0.5, 0.6) is 0 Å². The van der Waals surface area contributed by atoms with Crippen LogP contribution in [0.25, 0.3) is 0 Å². The number of rotatable bonds is 4. The van der Waals surface area contributed by atoms with Crippen LogP contribution < -0.4 is 5.43 Å².